The zero-order chi connectivity index (χ0) is 13.8. The summed E-state index contributed by atoms with van der Waals surface area (Å²) in [6, 6.07) is 6.60. The third-order valence-corrected chi connectivity index (χ3v) is 3.18. The summed E-state index contributed by atoms with van der Waals surface area (Å²) in [4.78, 5) is 0. The van der Waals surface area contributed by atoms with E-state index in [0.29, 0.717) is 13.1 Å². The van der Waals surface area contributed by atoms with Crippen molar-refractivity contribution in [2.75, 3.05) is 13.1 Å². The summed E-state index contributed by atoms with van der Waals surface area (Å²) >= 11 is 0. The number of benzene rings is 1. The Morgan fingerprint density at radius 1 is 1.33 bits per heavy atom. The van der Waals surface area contributed by atoms with Crippen LogP contribution in [0.25, 0.3) is 0 Å². The molecule has 3 heteroatoms. The van der Waals surface area contributed by atoms with Crippen LogP contribution in [-0.4, -0.2) is 24.3 Å². The molecule has 1 rings (SSSR count). The van der Waals surface area contributed by atoms with Crippen molar-refractivity contribution in [1.82, 2.24) is 5.32 Å². The summed E-state index contributed by atoms with van der Waals surface area (Å²) < 4.78 is 0. The van der Waals surface area contributed by atoms with Crippen molar-refractivity contribution >= 4 is 0 Å². The number of nitrogens with one attached hydrogen (secondary N) is 1. The number of hydrogen-bond acceptors (Lipinski definition) is 3. The van der Waals surface area contributed by atoms with E-state index in [-0.39, 0.29) is 5.41 Å². The van der Waals surface area contributed by atoms with Crippen LogP contribution in [0.1, 0.15) is 37.5 Å². The normalized spacial score (nSPS) is 13.7. The Morgan fingerprint density at radius 3 is 2.56 bits per heavy atom. The first kappa shape index (κ1) is 15.2. The quantitative estimate of drug-likeness (QED) is 0.745. The SMILES string of the molecule is Cc1ccc(C(C)(C)C)cc1CNCC(O)CN. The highest BCUT2D eigenvalue weighted by molar-refractivity contribution is 5.34. The molecule has 1 aromatic carbocycles. The van der Waals surface area contributed by atoms with Crippen LogP contribution in [0.2, 0.25) is 0 Å². The van der Waals surface area contributed by atoms with E-state index < -0.39 is 6.10 Å². The predicted octanol–water partition coefficient (Wildman–Crippen LogP) is 1.70. The molecule has 0 saturated carbocycles. The fourth-order valence-electron chi connectivity index (χ4n) is 1.79. The Bertz CT molecular complexity index is 383. The fourth-order valence-corrected chi connectivity index (χ4v) is 1.79. The number of nitrogens with two attached hydrogens (primary N) is 1. The van der Waals surface area contributed by atoms with E-state index in [1.54, 1.807) is 0 Å². The molecule has 1 atom stereocenters. The monoisotopic (exact) mass is 250 g/mol. The van der Waals surface area contributed by atoms with Gasteiger partial charge in [0.2, 0.25) is 0 Å². The molecule has 4 N–H and O–H groups in total. The molecule has 0 aliphatic heterocycles. The van der Waals surface area contributed by atoms with Crippen molar-refractivity contribution in [3.63, 3.8) is 0 Å². The van der Waals surface area contributed by atoms with Crippen molar-refractivity contribution in [1.29, 1.82) is 0 Å². The molecular weight excluding hydrogens is 224 g/mol. The minimum absolute atomic E-state index is 0.166. The number of aryl methyl sites for hydroxylation is 1. The van der Waals surface area contributed by atoms with Gasteiger partial charge in [0.05, 0.1) is 6.10 Å². The van der Waals surface area contributed by atoms with Gasteiger partial charge in [0.15, 0.2) is 0 Å². The molecule has 3 nitrogen and oxygen atoms in total. The largest absolute Gasteiger partial charge is 0.390 e. The van der Waals surface area contributed by atoms with Gasteiger partial charge in [-0.1, -0.05) is 39.0 Å². The van der Waals surface area contributed by atoms with E-state index in [1.807, 2.05) is 0 Å². The van der Waals surface area contributed by atoms with Crippen molar-refractivity contribution < 1.29 is 5.11 Å². The molecule has 0 aliphatic rings. The first-order valence-electron chi connectivity index (χ1n) is 6.53. The van der Waals surface area contributed by atoms with Gasteiger partial charge in [-0.3, -0.25) is 0 Å². The van der Waals surface area contributed by atoms with Gasteiger partial charge in [0.25, 0.3) is 0 Å². The van der Waals surface area contributed by atoms with E-state index in [1.165, 1.54) is 16.7 Å². The highest BCUT2D eigenvalue weighted by atomic mass is 16.3. The number of aliphatic hydroxyl groups excluding tert-OH is 1. The highest BCUT2D eigenvalue weighted by Gasteiger charge is 2.14. The Morgan fingerprint density at radius 2 is 2.00 bits per heavy atom. The summed E-state index contributed by atoms with van der Waals surface area (Å²) in [5.74, 6) is 0. The van der Waals surface area contributed by atoms with Crippen LogP contribution in [0.5, 0.6) is 0 Å². The molecule has 0 fully saturated rings. The van der Waals surface area contributed by atoms with Gasteiger partial charge >= 0.3 is 0 Å². The zero-order valence-electron chi connectivity index (χ0n) is 12.0. The Labute approximate surface area is 110 Å². The summed E-state index contributed by atoms with van der Waals surface area (Å²) in [6.07, 6.45) is -0.462. The Kier molecular flexibility index (Phi) is 5.32. The number of rotatable bonds is 5. The summed E-state index contributed by atoms with van der Waals surface area (Å²) in [7, 11) is 0. The van der Waals surface area contributed by atoms with E-state index in [0.717, 1.165) is 6.54 Å². The maximum absolute atomic E-state index is 9.40. The van der Waals surface area contributed by atoms with Gasteiger partial charge in [-0.2, -0.15) is 0 Å². The minimum atomic E-state index is -0.462. The lowest BCUT2D eigenvalue weighted by Gasteiger charge is -2.21. The average Bonchev–Trinajstić information content (AvgIpc) is 2.29. The molecule has 0 aromatic heterocycles. The van der Waals surface area contributed by atoms with Crippen LogP contribution in [0, 0.1) is 6.92 Å². The summed E-state index contributed by atoms with van der Waals surface area (Å²) in [5, 5.41) is 12.6. The molecule has 0 spiro atoms. The van der Waals surface area contributed by atoms with Gasteiger partial charge in [0.1, 0.15) is 0 Å². The molecule has 1 unspecified atom stereocenters. The molecule has 102 valence electrons. The molecule has 18 heavy (non-hydrogen) atoms. The van der Waals surface area contributed by atoms with Crippen LogP contribution < -0.4 is 11.1 Å². The van der Waals surface area contributed by atoms with Gasteiger partial charge in [-0.15, -0.1) is 0 Å². The molecule has 0 saturated heterocycles. The third-order valence-electron chi connectivity index (χ3n) is 3.18. The zero-order valence-corrected chi connectivity index (χ0v) is 12.0. The van der Waals surface area contributed by atoms with Crippen LogP contribution in [0.3, 0.4) is 0 Å². The van der Waals surface area contributed by atoms with Gasteiger partial charge in [0, 0.05) is 19.6 Å². The second-order valence-corrected chi connectivity index (χ2v) is 5.91. The van der Waals surface area contributed by atoms with Crippen LogP contribution in [0.4, 0.5) is 0 Å². The molecule has 0 radical (unpaired) electrons. The lowest BCUT2D eigenvalue weighted by molar-refractivity contribution is 0.179. The van der Waals surface area contributed by atoms with Crippen molar-refractivity contribution in [3.05, 3.63) is 34.9 Å². The predicted molar refractivity (Wildman–Crippen MR) is 76.6 cm³/mol. The minimum Gasteiger partial charge on any atom is -0.390 e. The topological polar surface area (TPSA) is 58.3 Å². The molecule has 0 amide bonds. The van der Waals surface area contributed by atoms with E-state index in [4.69, 9.17) is 5.73 Å². The molecule has 1 aromatic rings. The maximum atomic E-state index is 9.40. The van der Waals surface area contributed by atoms with E-state index in [2.05, 4.69) is 51.2 Å². The fraction of sp³-hybridized carbons (Fsp3) is 0.600. The highest BCUT2D eigenvalue weighted by Crippen LogP contribution is 2.24. The van der Waals surface area contributed by atoms with Gasteiger partial charge in [-0.05, 0) is 29.0 Å². The summed E-state index contributed by atoms with van der Waals surface area (Å²) in [6.45, 7) is 10.4. The molecule has 0 heterocycles. The summed E-state index contributed by atoms with van der Waals surface area (Å²) in [5.41, 5.74) is 9.44. The second-order valence-electron chi connectivity index (χ2n) is 5.91. The number of hydrogen-bond donors (Lipinski definition) is 3. The lowest BCUT2D eigenvalue weighted by atomic mass is 9.85. The van der Waals surface area contributed by atoms with Crippen molar-refractivity contribution in [2.24, 2.45) is 5.73 Å². The van der Waals surface area contributed by atoms with Crippen LogP contribution in [-0.2, 0) is 12.0 Å². The number of aliphatic hydroxyl groups is 1. The van der Waals surface area contributed by atoms with Crippen molar-refractivity contribution in [3.8, 4) is 0 Å². The second kappa shape index (κ2) is 6.32. The van der Waals surface area contributed by atoms with E-state index >= 15 is 0 Å². The first-order chi connectivity index (χ1) is 8.34. The van der Waals surface area contributed by atoms with E-state index in [9.17, 15) is 5.11 Å². The van der Waals surface area contributed by atoms with Crippen LogP contribution in [0.15, 0.2) is 18.2 Å². The smallest absolute Gasteiger partial charge is 0.0786 e. The standard InChI is InChI=1S/C15H26N2O/c1-11-5-6-13(15(2,3)4)7-12(11)9-17-10-14(18)8-16/h5-7,14,17-18H,8-10,16H2,1-4H3. The maximum Gasteiger partial charge on any atom is 0.0786 e. The van der Waals surface area contributed by atoms with Gasteiger partial charge in [-0.25, -0.2) is 0 Å². The molecule has 0 bridgehead atoms. The van der Waals surface area contributed by atoms with Crippen LogP contribution >= 0.6 is 0 Å². The Balaban J connectivity index is 2.70. The first-order valence-corrected chi connectivity index (χ1v) is 6.53. The van der Waals surface area contributed by atoms with Crippen molar-refractivity contribution in [2.45, 2.75) is 45.8 Å². The van der Waals surface area contributed by atoms with Gasteiger partial charge < -0.3 is 16.2 Å². The lowest BCUT2D eigenvalue weighted by Crippen LogP contribution is -2.32. The average molecular weight is 250 g/mol. The molecule has 0 aliphatic carbocycles. The Hall–Kier alpha value is -0.900. The third kappa shape index (κ3) is 4.41. The molecular formula is C15H26N2O.